The second kappa shape index (κ2) is 6.97. The predicted octanol–water partition coefficient (Wildman–Crippen LogP) is 4.09. The highest BCUT2D eigenvalue weighted by Gasteiger charge is 2.15. The van der Waals surface area contributed by atoms with E-state index in [1.54, 1.807) is 31.4 Å². The van der Waals surface area contributed by atoms with Gasteiger partial charge in [-0.2, -0.15) is 0 Å². The Morgan fingerprint density at radius 3 is 2.50 bits per heavy atom. The molecule has 0 saturated heterocycles. The van der Waals surface area contributed by atoms with Gasteiger partial charge in [-0.3, -0.25) is 4.79 Å². The van der Waals surface area contributed by atoms with Gasteiger partial charge in [0.1, 0.15) is 0 Å². The van der Waals surface area contributed by atoms with E-state index >= 15 is 0 Å². The molecular weight excluding hydrogens is 376 g/mol. The van der Waals surface area contributed by atoms with E-state index in [4.69, 9.17) is 18.9 Å². The molecule has 6 heteroatoms. The van der Waals surface area contributed by atoms with Crippen LogP contribution < -0.4 is 18.9 Å². The van der Waals surface area contributed by atoms with E-state index in [2.05, 4.69) is 15.9 Å². The summed E-state index contributed by atoms with van der Waals surface area (Å²) >= 11 is 3.46. The van der Waals surface area contributed by atoms with Crippen LogP contribution in [0.2, 0.25) is 0 Å². The lowest BCUT2D eigenvalue weighted by molar-refractivity contribution is 0.104. The van der Waals surface area contributed by atoms with Crippen molar-refractivity contribution in [1.29, 1.82) is 0 Å². The van der Waals surface area contributed by atoms with Crippen LogP contribution in [0.4, 0.5) is 0 Å². The van der Waals surface area contributed by atoms with E-state index in [9.17, 15) is 4.79 Å². The molecule has 0 bridgehead atoms. The van der Waals surface area contributed by atoms with Crippen LogP contribution in [0.25, 0.3) is 6.08 Å². The van der Waals surface area contributed by atoms with Crippen molar-refractivity contribution < 1.29 is 23.7 Å². The lowest BCUT2D eigenvalue weighted by Crippen LogP contribution is -1.97. The van der Waals surface area contributed by atoms with Crippen molar-refractivity contribution in [2.75, 3.05) is 21.0 Å². The highest BCUT2D eigenvalue weighted by atomic mass is 79.9. The topological polar surface area (TPSA) is 54.0 Å². The van der Waals surface area contributed by atoms with Gasteiger partial charge in [0.05, 0.1) is 14.2 Å². The number of ketones is 1. The fourth-order valence-electron chi connectivity index (χ4n) is 2.31. The number of ether oxygens (including phenoxy) is 4. The quantitative estimate of drug-likeness (QED) is 0.568. The van der Waals surface area contributed by atoms with Gasteiger partial charge in [-0.15, -0.1) is 0 Å². The minimum Gasteiger partial charge on any atom is -0.493 e. The third-order valence-electron chi connectivity index (χ3n) is 3.57. The summed E-state index contributed by atoms with van der Waals surface area (Å²) in [7, 11) is 3.09. The van der Waals surface area contributed by atoms with E-state index in [-0.39, 0.29) is 12.6 Å². The number of hydrogen-bond donors (Lipinski definition) is 0. The number of carbonyl (C=O) groups is 1. The summed E-state index contributed by atoms with van der Waals surface area (Å²) in [6.45, 7) is 0.208. The first-order valence-corrected chi connectivity index (χ1v) is 7.95. The maximum absolute atomic E-state index is 12.4. The number of carbonyl (C=O) groups excluding carboxylic acids is 1. The van der Waals surface area contributed by atoms with Crippen LogP contribution in [0.5, 0.6) is 23.0 Å². The smallest absolute Gasteiger partial charge is 0.231 e. The molecule has 1 aliphatic rings. The van der Waals surface area contributed by atoms with Gasteiger partial charge < -0.3 is 18.9 Å². The first-order valence-electron chi connectivity index (χ1n) is 7.16. The molecule has 2 aromatic carbocycles. The monoisotopic (exact) mass is 390 g/mol. The molecule has 124 valence electrons. The van der Waals surface area contributed by atoms with Crippen LogP contribution in [-0.4, -0.2) is 26.8 Å². The highest BCUT2D eigenvalue weighted by molar-refractivity contribution is 9.10. The third-order valence-corrected chi connectivity index (χ3v) is 4.26. The number of hydrogen-bond acceptors (Lipinski definition) is 5. The molecule has 0 spiro atoms. The zero-order chi connectivity index (χ0) is 17.1. The molecule has 0 unspecified atom stereocenters. The average molecular weight is 391 g/mol. The first-order chi connectivity index (χ1) is 11.6. The molecule has 24 heavy (non-hydrogen) atoms. The van der Waals surface area contributed by atoms with Crippen molar-refractivity contribution in [3.8, 4) is 23.0 Å². The van der Waals surface area contributed by atoms with E-state index in [1.807, 2.05) is 12.1 Å². The Bertz CT molecular complexity index is 813. The van der Waals surface area contributed by atoms with Gasteiger partial charge >= 0.3 is 0 Å². The summed E-state index contributed by atoms with van der Waals surface area (Å²) < 4.78 is 21.9. The number of allylic oxidation sites excluding steroid dienone is 1. The Balaban J connectivity index is 1.83. The second-order valence-corrected chi connectivity index (χ2v) is 5.85. The molecule has 0 atom stereocenters. The maximum Gasteiger partial charge on any atom is 0.231 e. The van der Waals surface area contributed by atoms with Crippen LogP contribution in [-0.2, 0) is 0 Å². The standard InChI is InChI=1S/C18H15BrO5/c1-21-15-6-4-12(8-16(15)22-2)14(20)5-3-11-7-17-18(9-13(11)19)24-10-23-17/h3-9H,10H2,1-2H3/b5-3+. The summed E-state index contributed by atoms with van der Waals surface area (Å²) in [5.41, 5.74) is 1.34. The van der Waals surface area contributed by atoms with E-state index < -0.39 is 0 Å². The highest BCUT2D eigenvalue weighted by Crippen LogP contribution is 2.37. The van der Waals surface area contributed by atoms with Gasteiger partial charge in [-0.05, 0) is 48.0 Å². The molecule has 0 aliphatic carbocycles. The Morgan fingerprint density at radius 1 is 1.08 bits per heavy atom. The van der Waals surface area contributed by atoms with E-state index in [0.29, 0.717) is 28.6 Å². The summed E-state index contributed by atoms with van der Waals surface area (Å²) in [5.74, 6) is 2.31. The first kappa shape index (κ1) is 16.4. The molecule has 1 heterocycles. The summed E-state index contributed by atoms with van der Waals surface area (Å²) in [6.07, 6.45) is 3.23. The van der Waals surface area contributed by atoms with Gasteiger partial charge in [-0.25, -0.2) is 0 Å². The SMILES string of the molecule is COc1ccc(C(=O)/C=C/c2cc3c(cc2Br)OCO3)cc1OC. The zero-order valence-corrected chi connectivity index (χ0v) is 14.8. The normalized spacial score (nSPS) is 12.5. The molecule has 2 aromatic rings. The lowest BCUT2D eigenvalue weighted by Gasteiger charge is -2.08. The molecule has 0 radical (unpaired) electrons. The number of methoxy groups -OCH3 is 2. The van der Waals surface area contributed by atoms with Crippen LogP contribution in [0.3, 0.4) is 0 Å². The van der Waals surface area contributed by atoms with Crippen LogP contribution in [0.15, 0.2) is 40.9 Å². The summed E-state index contributed by atoms with van der Waals surface area (Å²) in [4.78, 5) is 12.4. The molecule has 0 fully saturated rings. The van der Waals surface area contributed by atoms with Crippen molar-refractivity contribution >= 4 is 27.8 Å². The molecule has 0 aromatic heterocycles. The molecule has 0 N–H and O–H groups in total. The Hall–Kier alpha value is -2.47. The van der Waals surface area contributed by atoms with Crippen molar-refractivity contribution in [2.24, 2.45) is 0 Å². The zero-order valence-electron chi connectivity index (χ0n) is 13.2. The van der Waals surface area contributed by atoms with Gasteiger partial charge in [0, 0.05) is 10.0 Å². The maximum atomic E-state index is 12.4. The second-order valence-electron chi connectivity index (χ2n) is 4.99. The molecular formula is C18H15BrO5. The number of rotatable bonds is 5. The van der Waals surface area contributed by atoms with Crippen LogP contribution >= 0.6 is 15.9 Å². The van der Waals surface area contributed by atoms with Gasteiger partial charge in [0.15, 0.2) is 28.8 Å². The largest absolute Gasteiger partial charge is 0.493 e. The number of halogens is 1. The van der Waals surface area contributed by atoms with Crippen LogP contribution in [0, 0.1) is 0 Å². The summed E-state index contributed by atoms with van der Waals surface area (Å²) in [5, 5.41) is 0. The van der Waals surface area contributed by atoms with Gasteiger partial charge in [0.25, 0.3) is 0 Å². The fourth-order valence-corrected chi connectivity index (χ4v) is 2.77. The Morgan fingerprint density at radius 2 is 1.79 bits per heavy atom. The minimum atomic E-state index is -0.138. The number of fused-ring (bicyclic) bond motifs is 1. The van der Waals surface area contributed by atoms with Crippen molar-refractivity contribution in [3.05, 3.63) is 52.0 Å². The Labute approximate surface area is 147 Å². The van der Waals surface area contributed by atoms with E-state index in [1.165, 1.54) is 13.2 Å². The fraction of sp³-hybridized carbons (Fsp3) is 0.167. The summed E-state index contributed by atoms with van der Waals surface area (Å²) in [6, 6.07) is 8.70. The van der Waals surface area contributed by atoms with Crippen molar-refractivity contribution in [2.45, 2.75) is 0 Å². The molecule has 0 saturated carbocycles. The van der Waals surface area contributed by atoms with Gasteiger partial charge in [0.2, 0.25) is 6.79 Å². The molecule has 5 nitrogen and oxygen atoms in total. The molecule has 0 amide bonds. The minimum absolute atomic E-state index is 0.138. The van der Waals surface area contributed by atoms with Crippen molar-refractivity contribution in [3.63, 3.8) is 0 Å². The third kappa shape index (κ3) is 3.23. The number of benzene rings is 2. The van der Waals surface area contributed by atoms with Crippen molar-refractivity contribution in [1.82, 2.24) is 0 Å². The van der Waals surface area contributed by atoms with E-state index in [0.717, 1.165) is 10.0 Å². The predicted molar refractivity (Wildman–Crippen MR) is 93.2 cm³/mol. The average Bonchev–Trinajstić information content (AvgIpc) is 3.05. The molecule has 1 aliphatic heterocycles. The van der Waals surface area contributed by atoms with Crippen LogP contribution in [0.1, 0.15) is 15.9 Å². The van der Waals surface area contributed by atoms with Gasteiger partial charge in [-0.1, -0.05) is 15.9 Å². The Kier molecular flexibility index (Phi) is 4.76. The molecule has 3 rings (SSSR count). The lowest BCUT2D eigenvalue weighted by atomic mass is 10.1.